The van der Waals surface area contributed by atoms with Gasteiger partial charge >= 0.3 is 5.97 Å². The molecule has 104 valence electrons. The molecule has 0 bridgehead atoms. The summed E-state index contributed by atoms with van der Waals surface area (Å²) in [5.41, 5.74) is 0.274. The first kappa shape index (κ1) is 13.6. The molecule has 1 aliphatic rings. The zero-order chi connectivity index (χ0) is 14.0. The summed E-state index contributed by atoms with van der Waals surface area (Å²) in [6, 6.07) is 4.62. The maximum absolute atomic E-state index is 10.8. The molecule has 2 rings (SSSR count). The third-order valence-corrected chi connectivity index (χ3v) is 3.06. The number of hydrogen-bond acceptors (Lipinski definition) is 5. The average molecular weight is 267 g/mol. The number of likely N-dealkylation sites (N-methyl/N-ethyl adjacent to an activating group) is 1. The number of carboxylic acids is 1. The smallest absolute Gasteiger partial charge is 0.337 e. The molecule has 2 N–H and O–H groups in total. The minimum atomic E-state index is -1.56. The monoisotopic (exact) mass is 267 g/mol. The number of nitrogens with zero attached hydrogens (tertiary/aromatic N) is 1. The Morgan fingerprint density at radius 3 is 2.63 bits per heavy atom. The van der Waals surface area contributed by atoms with Crippen molar-refractivity contribution in [3.05, 3.63) is 23.8 Å². The molecule has 1 saturated heterocycles. The lowest BCUT2D eigenvalue weighted by Crippen LogP contribution is -2.51. The van der Waals surface area contributed by atoms with E-state index in [0.29, 0.717) is 11.5 Å². The van der Waals surface area contributed by atoms with Crippen LogP contribution in [0.2, 0.25) is 0 Å². The average Bonchev–Trinajstić information content (AvgIpc) is 2.35. The summed E-state index contributed by atoms with van der Waals surface area (Å²) in [5.74, 6) is -0.311. The summed E-state index contributed by atoms with van der Waals surface area (Å²) in [7, 11) is 3.50. The van der Waals surface area contributed by atoms with Crippen molar-refractivity contribution < 1.29 is 24.5 Å². The van der Waals surface area contributed by atoms with Crippen LogP contribution in [-0.2, 0) is 4.79 Å². The molecule has 1 unspecified atom stereocenters. The Labute approximate surface area is 111 Å². The topological polar surface area (TPSA) is 79.2 Å². The molecule has 1 aromatic carbocycles. The van der Waals surface area contributed by atoms with Gasteiger partial charge in [-0.15, -0.1) is 0 Å². The first-order valence-electron chi connectivity index (χ1n) is 5.95. The van der Waals surface area contributed by atoms with Gasteiger partial charge in [0.1, 0.15) is 6.10 Å². The molecule has 0 radical (unpaired) electrons. The molecule has 0 aromatic heterocycles. The molecule has 0 spiro atoms. The molecule has 1 aliphatic heterocycles. The Hall–Kier alpha value is -1.79. The number of aliphatic carboxylic acids is 1. The Morgan fingerprint density at radius 2 is 2.11 bits per heavy atom. The van der Waals surface area contributed by atoms with Gasteiger partial charge < -0.3 is 19.7 Å². The van der Waals surface area contributed by atoms with Crippen LogP contribution in [0.1, 0.15) is 11.7 Å². The molecule has 6 heteroatoms. The number of aliphatic hydroxyl groups is 1. The predicted molar refractivity (Wildman–Crippen MR) is 67.5 cm³/mol. The number of hydrogen-bond donors (Lipinski definition) is 2. The summed E-state index contributed by atoms with van der Waals surface area (Å²) in [6.07, 6.45) is -1.49. The number of carbonyl (C=O) groups is 1. The molecule has 1 fully saturated rings. The van der Waals surface area contributed by atoms with Crippen LogP contribution >= 0.6 is 0 Å². The highest BCUT2D eigenvalue weighted by molar-refractivity contribution is 5.74. The van der Waals surface area contributed by atoms with Gasteiger partial charge in [0.05, 0.1) is 7.11 Å². The van der Waals surface area contributed by atoms with Gasteiger partial charge in [0.25, 0.3) is 0 Å². The van der Waals surface area contributed by atoms with Gasteiger partial charge in [-0.05, 0) is 24.7 Å². The second-order valence-electron chi connectivity index (χ2n) is 4.61. The van der Waals surface area contributed by atoms with Crippen LogP contribution in [0, 0.1) is 0 Å². The van der Waals surface area contributed by atoms with E-state index in [1.807, 2.05) is 7.05 Å². The molecule has 6 nitrogen and oxygen atoms in total. The van der Waals surface area contributed by atoms with Crippen molar-refractivity contribution >= 4 is 5.97 Å². The summed E-state index contributed by atoms with van der Waals surface area (Å²) in [4.78, 5) is 12.9. The molecule has 1 aromatic rings. The fourth-order valence-electron chi connectivity index (χ4n) is 1.99. The van der Waals surface area contributed by atoms with Gasteiger partial charge in [-0.1, -0.05) is 6.07 Å². The lowest BCUT2D eigenvalue weighted by molar-refractivity contribution is -0.146. The third kappa shape index (κ3) is 2.97. The van der Waals surface area contributed by atoms with Gasteiger partial charge in [0, 0.05) is 13.1 Å². The fourth-order valence-corrected chi connectivity index (χ4v) is 1.99. The molecule has 19 heavy (non-hydrogen) atoms. The SMILES string of the molecule is COc1ccc(C(O)C(=O)O)cc1OC1CN(C)C1. The molecular weight excluding hydrogens is 250 g/mol. The molecular formula is C13H17NO5. The van der Waals surface area contributed by atoms with Crippen LogP contribution in [0.4, 0.5) is 0 Å². The van der Waals surface area contributed by atoms with Gasteiger partial charge in [0.15, 0.2) is 17.6 Å². The zero-order valence-corrected chi connectivity index (χ0v) is 10.9. The van der Waals surface area contributed by atoms with Crippen LogP contribution < -0.4 is 9.47 Å². The molecule has 0 saturated carbocycles. The summed E-state index contributed by atoms with van der Waals surface area (Å²) in [5, 5.41) is 18.3. The van der Waals surface area contributed by atoms with Crippen LogP contribution in [-0.4, -0.2) is 54.4 Å². The largest absolute Gasteiger partial charge is 0.493 e. The summed E-state index contributed by atoms with van der Waals surface area (Å²) in [6.45, 7) is 1.63. The van der Waals surface area contributed by atoms with Crippen molar-refractivity contribution in [3.8, 4) is 11.5 Å². The number of ether oxygens (including phenoxy) is 2. The van der Waals surface area contributed by atoms with E-state index in [1.165, 1.54) is 19.2 Å². The minimum absolute atomic E-state index is 0.0659. The second-order valence-corrected chi connectivity index (χ2v) is 4.61. The van der Waals surface area contributed by atoms with E-state index in [2.05, 4.69) is 4.90 Å². The van der Waals surface area contributed by atoms with Crippen molar-refractivity contribution in [1.82, 2.24) is 4.90 Å². The van der Waals surface area contributed by atoms with Gasteiger partial charge in [-0.3, -0.25) is 4.90 Å². The zero-order valence-electron chi connectivity index (χ0n) is 10.9. The molecule has 1 heterocycles. The molecule has 0 amide bonds. The highest BCUT2D eigenvalue weighted by Gasteiger charge is 2.26. The van der Waals surface area contributed by atoms with E-state index in [9.17, 15) is 9.90 Å². The van der Waals surface area contributed by atoms with Gasteiger partial charge in [-0.25, -0.2) is 4.79 Å². The van der Waals surface area contributed by atoms with Crippen LogP contribution in [0.3, 0.4) is 0 Å². The Bertz CT molecular complexity index is 470. The number of rotatable bonds is 5. The predicted octanol–water partition coefficient (Wildman–Crippen LogP) is 0.506. The second kappa shape index (κ2) is 5.46. The maximum atomic E-state index is 10.8. The maximum Gasteiger partial charge on any atom is 0.337 e. The van der Waals surface area contributed by atoms with Crippen molar-refractivity contribution in [2.24, 2.45) is 0 Å². The molecule has 0 aliphatic carbocycles. The third-order valence-electron chi connectivity index (χ3n) is 3.06. The van der Waals surface area contributed by atoms with E-state index < -0.39 is 12.1 Å². The van der Waals surface area contributed by atoms with Crippen LogP contribution in [0.25, 0.3) is 0 Å². The highest BCUT2D eigenvalue weighted by Crippen LogP contribution is 2.32. The molecule has 1 atom stereocenters. The van der Waals surface area contributed by atoms with Crippen LogP contribution in [0.5, 0.6) is 11.5 Å². The first-order chi connectivity index (χ1) is 9.01. The first-order valence-corrected chi connectivity index (χ1v) is 5.95. The summed E-state index contributed by atoms with van der Waals surface area (Å²) >= 11 is 0. The van der Waals surface area contributed by atoms with Gasteiger partial charge in [0.2, 0.25) is 0 Å². The van der Waals surface area contributed by atoms with Crippen molar-refractivity contribution in [2.45, 2.75) is 12.2 Å². The van der Waals surface area contributed by atoms with E-state index in [-0.39, 0.29) is 11.7 Å². The Balaban J connectivity index is 2.18. The van der Waals surface area contributed by atoms with Crippen LogP contribution in [0.15, 0.2) is 18.2 Å². The van der Waals surface area contributed by atoms with E-state index in [4.69, 9.17) is 14.6 Å². The minimum Gasteiger partial charge on any atom is -0.493 e. The Morgan fingerprint density at radius 1 is 1.42 bits per heavy atom. The quantitative estimate of drug-likeness (QED) is 0.809. The number of aliphatic hydroxyl groups excluding tert-OH is 1. The van der Waals surface area contributed by atoms with Gasteiger partial charge in [-0.2, -0.15) is 0 Å². The number of likely N-dealkylation sites (tertiary alicyclic amines) is 1. The summed E-state index contributed by atoms with van der Waals surface area (Å²) < 4.78 is 10.9. The fraction of sp³-hybridized carbons (Fsp3) is 0.462. The number of carboxylic acid groups (broad SMARTS) is 1. The standard InChI is InChI=1S/C13H17NO5/c1-14-6-9(7-14)19-11-5-8(12(15)13(16)17)3-4-10(11)18-2/h3-5,9,12,15H,6-7H2,1-2H3,(H,16,17). The van der Waals surface area contributed by atoms with Crippen molar-refractivity contribution in [1.29, 1.82) is 0 Å². The lowest BCUT2D eigenvalue weighted by Gasteiger charge is -2.36. The van der Waals surface area contributed by atoms with Crippen molar-refractivity contribution in [3.63, 3.8) is 0 Å². The number of benzene rings is 1. The van der Waals surface area contributed by atoms with E-state index in [0.717, 1.165) is 13.1 Å². The lowest BCUT2D eigenvalue weighted by atomic mass is 10.1. The normalized spacial score (nSPS) is 17.6. The van der Waals surface area contributed by atoms with Crippen molar-refractivity contribution in [2.75, 3.05) is 27.2 Å². The highest BCUT2D eigenvalue weighted by atomic mass is 16.5. The van der Waals surface area contributed by atoms with E-state index >= 15 is 0 Å². The Kier molecular flexibility index (Phi) is 3.92. The van der Waals surface area contributed by atoms with E-state index in [1.54, 1.807) is 6.07 Å². The number of methoxy groups -OCH3 is 1.